The van der Waals surface area contributed by atoms with Crippen LogP contribution in [0.4, 0.5) is 0 Å². The lowest BCUT2D eigenvalue weighted by atomic mass is 10.2. The molecule has 1 aromatic heterocycles. The molecule has 4 nitrogen and oxygen atoms in total. The van der Waals surface area contributed by atoms with Crippen molar-refractivity contribution in [3.63, 3.8) is 0 Å². The Morgan fingerprint density at radius 1 is 1.22 bits per heavy atom. The minimum absolute atomic E-state index is 0.288. The van der Waals surface area contributed by atoms with Crippen LogP contribution in [0.2, 0.25) is 0 Å². The highest BCUT2D eigenvalue weighted by Gasteiger charge is 2.20. The molecule has 132 valence electrons. The maximum atomic E-state index is 5.99. The molecule has 1 rings (SSSR count). The van der Waals surface area contributed by atoms with E-state index < -0.39 is 5.69 Å². The molecule has 0 bridgehead atoms. The lowest BCUT2D eigenvalue weighted by molar-refractivity contribution is 0.258. The second-order valence-corrected chi connectivity index (χ2v) is 12.8. The number of rotatable bonds is 11. The van der Waals surface area contributed by atoms with Crippen molar-refractivity contribution in [1.82, 2.24) is 9.97 Å². The zero-order valence-corrected chi connectivity index (χ0v) is 17.9. The largest absolute Gasteiger partial charge is 0.322 e. The zero-order chi connectivity index (χ0) is 17.3. The fourth-order valence-electron chi connectivity index (χ4n) is 1.66. The maximum Gasteiger partial charge on any atom is 0.247 e. The van der Waals surface area contributed by atoms with Gasteiger partial charge in [-0.1, -0.05) is 39.1 Å². The van der Waals surface area contributed by atoms with Crippen molar-refractivity contribution < 1.29 is 9.05 Å². The first kappa shape index (κ1) is 21.4. The average molecular weight is 395 g/mol. The Morgan fingerprint density at radius 2 is 1.96 bits per heavy atom. The van der Waals surface area contributed by atoms with Gasteiger partial charge in [0.15, 0.2) is 0 Å². The van der Waals surface area contributed by atoms with Crippen LogP contribution in [-0.4, -0.2) is 28.1 Å². The molecule has 0 unspecified atom stereocenters. The summed E-state index contributed by atoms with van der Waals surface area (Å²) in [5.74, 6) is 3.08. The molecule has 0 fully saturated rings. The number of aromatic nitrogens is 2. The van der Waals surface area contributed by atoms with Crippen LogP contribution in [0.25, 0.3) is 0 Å². The second-order valence-electron chi connectivity index (χ2n) is 5.12. The highest BCUT2D eigenvalue weighted by Crippen LogP contribution is 2.61. The molecule has 1 heterocycles. The number of nitrogens with zero attached hydrogens (tertiary/aromatic N) is 2. The molecule has 1 aromatic rings. The predicted octanol–water partition coefficient (Wildman–Crippen LogP) is 5.63. The highest BCUT2D eigenvalue weighted by atomic mass is 32.9. The average Bonchev–Trinajstić information content (AvgIpc) is 2.51. The van der Waals surface area contributed by atoms with Crippen LogP contribution >= 0.6 is 28.8 Å². The summed E-state index contributed by atoms with van der Waals surface area (Å²) >= 11 is 8.96. The van der Waals surface area contributed by atoms with Gasteiger partial charge in [-0.3, -0.25) is 0 Å². The van der Waals surface area contributed by atoms with E-state index in [9.17, 15) is 0 Å². The smallest absolute Gasteiger partial charge is 0.247 e. The first-order valence-electron chi connectivity index (χ1n) is 7.98. The van der Waals surface area contributed by atoms with Crippen molar-refractivity contribution in [3.8, 4) is 0 Å². The van der Waals surface area contributed by atoms with Gasteiger partial charge in [0.1, 0.15) is 10.9 Å². The van der Waals surface area contributed by atoms with Crippen molar-refractivity contribution in [2.24, 2.45) is 0 Å². The molecule has 0 aromatic carbocycles. The summed E-state index contributed by atoms with van der Waals surface area (Å²) in [7, 11) is 0. The molecule has 23 heavy (non-hydrogen) atoms. The second kappa shape index (κ2) is 11.1. The standard InChI is InChI=1S/C15H27N2O2PS3/c1-6-9-23-20(21,18-7-2)19-11-13-10-14(22-8-3)17-15(16-13)12(4)5/h10,12H,6-9,11H2,1-5H3/t20-/m0/s1. The fraction of sp³-hybridized carbons (Fsp3) is 0.733. The van der Waals surface area contributed by atoms with Crippen molar-refractivity contribution in [2.75, 3.05) is 18.1 Å². The van der Waals surface area contributed by atoms with Gasteiger partial charge in [0, 0.05) is 11.7 Å². The van der Waals surface area contributed by atoms with E-state index in [0.29, 0.717) is 13.2 Å². The summed E-state index contributed by atoms with van der Waals surface area (Å²) in [5, 5.41) is 0.996. The monoisotopic (exact) mass is 394 g/mol. The van der Waals surface area contributed by atoms with Gasteiger partial charge in [-0.15, -0.1) is 11.8 Å². The Balaban J connectivity index is 2.87. The Labute approximate surface area is 153 Å². The molecule has 0 aliphatic heterocycles. The quantitative estimate of drug-likeness (QED) is 0.274. The summed E-state index contributed by atoms with van der Waals surface area (Å²) < 4.78 is 11.7. The Kier molecular flexibility index (Phi) is 10.3. The third kappa shape index (κ3) is 7.84. The molecule has 0 aliphatic rings. The topological polar surface area (TPSA) is 44.2 Å². The molecule has 0 saturated heterocycles. The van der Waals surface area contributed by atoms with Gasteiger partial charge < -0.3 is 9.05 Å². The minimum atomic E-state index is -2.29. The zero-order valence-electron chi connectivity index (χ0n) is 14.6. The van der Waals surface area contributed by atoms with Crippen LogP contribution in [0.3, 0.4) is 0 Å². The van der Waals surface area contributed by atoms with Gasteiger partial charge in [-0.25, -0.2) is 9.97 Å². The lowest BCUT2D eigenvalue weighted by Gasteiger charge is -2.20. The van der Waals surface area contributed by atoms with Crippen LogP contribution in [0.5, 0.6) is 0 Å². The van der Waals surface area contributed by atoms with Crippen molar-refractivity contribution in [1.29, 1.82) is 0 Å². The molecule has 0 spiro atoms. The highest BCUT2D eigenvalue weighted by molar-refractivity contribution is 8.67. The van der Waals surface area contributed by atoms with Crippen molar-refractivity contribution in [3.05, 3.63) is 17.6 Å². The van der Waals surface area contributed by atoms with Crippen LogP contribution in [0, 0.1) is 0 Å². The molecule has 0 N–H and O–H groups in total. The predicted molar refractivity (Wildman–Crippen MR) is 106 cm³/mol. The van der Waals surface area contributed by atoms with E-state index in [1.807, 2.05) is 13.0 Å². The van der Waals surface area contributed by atoms with E-state index in [-0.39, 0.29) is 5.92 Å². The van der Waals surface area contributed by atoms with Crippen LogP contribution in [-0.2, 0) is 27.5 Å². The maximum absolute atomic E-state index is 5.99. The van der Waals surface area contributed by atoms with Crippen LogP contribution < -0.4 is 0 Å². The molecule has 0 radical (unpaired) electrons. The van der Waals surface area contributed by atoms with E-state index in [4.69, 9.17) is 20.9 Å². The fourth-order valence-corrected chi connectivity index (χ4v) is 6.86. The number of hydrogen-bond acceptors (Lipinski definition) is 7. The first-order chi connectivity index (χ1) is 10.9. The summed E-state index contributed by atoms with van der Waals surface area (Å²) in [6.45, 7) is 11.4. The molecule has 1 atom stereocenters. The van der Waals surface area contributed by atoms with Gasteiger partial charge in [0.25, 0.3) is 0 Å². The van der Waals surface area contributed by atoms with Crippen molar-refractivity contribution in [2.45, 2.75) is 58.6 Å². The Morgan fingerprint density at radius 3 is 2.52 bits per heavy atom. The summed E-state index contributed by atoms with van der Waals surface area (Å²) in [5.41, 5.74) is -1.41. The SMILES string of the molecule is CCCS[P@@](=S)(OCC)OCc1cc(SCC)nc(C(C)C)n1. The molecular formula is C15H27N2O2PS3. The molecular weight excluding hydrogens is 367 g/mol. The van der Waals surface area contributed by atoms with Gasteiger partial charge in [-0.05, 0) is 37.0 Å². The number of hydrogen-bond donors (Lipinski definition) is 0. The molecule has 0 amide bonds. The van der Waals surface area contributed by atoms with E-state index in [2.05, 4.69) is 37.7 Å². The molecule has 0 aliphatic carbocycles. The van der Waals surface area contributed by atoms with E-state index >= 15 is 0 Å². The Bertz CT molecular complexity index is 529. The first-order valence-corrected chi connectivity index (χ1v) is 13.2. The summed E-state index contributed by atoms with van der Waals surface area (Å²) in [4.78, 5) is 9.21. The number of thioether (sulfide) groups is 1. The van der Waals surface area contributed by atoms with Gasteiger partial charge in [0.05, 0.1) is 18.9 Å². The van der Waals surface area contributed by atoms with Gasteiger partial charge in [-0.2, -0.15) is 0 Å². The van der Waals surface area contributed by atoms with Gasteiger partial charge in [0.2, 0.25) is 5.69 Å². The van der Waals surface area contributed by atoms with Crippen LogP contribution in [0.15, 0.2) is 11.1 Å². The summed E-state index contributed by atoms with van der Waals surface area (Å²) in [6, 6.07) is 2.00. The van der Waals surface area contributed by atoms with E-state index in [1.54, 1.807) is 23.1 Å². The third-order valence-corrected chi connectivity index (χ3v) is 9.12. The minimum Gasteiger partial charge on any atom is -0.322 e. The molecule has 0 saturated carbocycles. The third-order valence-electron chi connectivity index (χ3n) is 2.69. The Hall–Kier alpha value is 0.350. The van der Waals surface area contributed by atoms with E-state index in [0.717, 1.165) is 34.5 Å². The molecule has 8 heteroatoms. The van der Waals surface area contributed by atoms with E-state index in [1.165, 1.54) is 0 Å². The van der Waals surface area contributed by atoms with Crippen LogP contribution in [0.1, 0.15) is 58.5 Å². The lowest BCUT2D eigenvalue weighted by Crippen LogP contribution is -2.04. The summed E-state index contributed by atoms with van der Waals surface area (Å²) in [6.07, 6.45) is 1.06. The normalized spacial score (nSPS) is 14.2. The van der Waals surface area contributed by atoms with Gasteiger partial charge >= 0.3 is 0 Å². The van der Waals surface area contributed by atoms with Crippen molar-refractivity contribution >= 4 is 40.6 Å².